The van der Waals surface area contributed by atoms with E-state index in [1.807, 2.05) is 24.3 Å². The third kappa shape index (κ3) is 3.42. The fraction of sp³-hybridized carbons (Fsp3) is 0.368. The predicted octanol–water partition coefficient (Wildman–Crippen LogP) is 1.76. The molecule has 4 aromatic rings. The lowest BCUT2D eigenvalue weighted by Crippen LogP contribution is -2.47. The summed E-state index contributed by atoms with van der Waals surface area (Å²) in [5.41, 5.74) is 2.81. The van der Waals surface area contributed by atoms with Crippen LogP contribution in [0.4, 0.5) is 5.82 Å². The third-order valence-electron chi connectivity index (χ3n) is 5.35. The molecule has 1 aliphatic heterocycles. The molecule has 0 bridgehead atoms. The van der Waals surface area contributed by atoms with Crippen molar-refractivity contribution in [3.8, 4) is 11.4 Å². The maximum Gasteiger partial charge on any atom is 0.244 e. The van der Waals surface area contributed by atoms with Crippen molar-refractivity contribution in [1.82, 2.24) is 40.3 Å². The minimum atomic E-state index is 0.0544. The minimum Gasteiger partial charge on any atom is -0.353 e. The lowest BCUT2D eigenvalue weighted by molar-refractivity contribution is 0.164. The van der Waals surface area contributed by atoms with Crippen molar-refractivity contribution >= 4 is 11.5 Å². The number of fused-ring (bicyclic) bond motifs is 1. The molecular weight excluding hydrogens is 370 g/mol. The second kappa shape index (κ2) is 7.21. The molecule has 1 atom stereocenters. The number of tetrazole rings is 1. The molecule has 1 saturated heterocycles. The van der Waals surface area contributed by atoms with Gasteiger partial charge in [-0.25, -0.2) is 0 Å². The van der Waals surface area contributed by atoms with E-state index in [1.165, 1.54) is 10.2 Å². The molecule has 0 radical (unpaired) electrons. The van der Waals surface area contributed by atoms with E-state index in [1.54, 1.807) is 0 Å². The first-order chi connectivity index (χ1) is 14.2. The van der Waals surface area contributed by atoms with E-state index in [0.717, 1.165) is 37.6 Å². The van der Waals surface area contributed by atoms with E-state index in [9.17, 15) is 0 Å². The molecule has 29 heavy (non-hydrogen) atoms. The van der Waals surface area contributed by atoms with Crippen LogP contribution in [-0.4, -0.2) is 66.5 Å². The Bertz CT molecular complexity index is 1110. The van der Waals surface area contributed by atoms with Gasteiger partial charge in [0.15, 0.2) is 11.5 Å². The fourth-order valence-electron chi connectivity index (χ4n) is 3.53. The summed E-state index contributed by atoms with van der Waals surface area (Å²) in [4.78, 5) is 9.20. The van der Waals surface area contributed by atoms with Gasteiger partial charge in [0.2, 0.25) is 11.7 Å². The summed E-state index contributed by atoms with van der Waals surface area (Å²) >= 11 is 0. The number of aryl methyl sites for hydroxylation is 1. The monoisotopic (exact) mass is 391 g/mol. The van der Waals surface area contributed by atoms with Gasteiger partial charge in [0, 0.05) is 31.7 Å². The number of benzene rings is 1. The number of rotatable bonds is 4. The van der Waals surface area contributed by atoms with Gasteiger partial charge in [-0.3, -0.25) is 4.90 Å². The summed E-state index contributed by atoms with van der Waals surface area (Å²) in [5, 5.41) is 20.0. The molecule has 3 aromatic heterocycles. The Kier molecular flexibility index (Phi) is 4.39. The zero-order chi connectivity index (χ0) is 19.8. The molecule has 148 valence electrons. The van der Waals surface area contributed by atoms with Gasteiger partial charge in [-0.05, 0) is 36.4 Å². The first kappa shape index (κ1) is 17.7. The Labute approximate surface area is 167 Å². The predicted molar refractivity (Wildman–Crippen MR) is 105 cm³/mol. The van der Waals surface area contributed by atoms with Gasteiger partial charge in [0.05, 0.1) is 6.04 Å². The molecule has 1 aliphatic rings. The van der Waals surface area contributed by atoms with Crippen LogP contribution in [0.3, 0.4) is 0 Å². The molecule has 4 heterocycles. The number of aromatic nitrogens is 7. The van der Waals surface area contributed by atoms with Gasteiger partial charge in [-0.1, -0.05) is 35.0 Å². The molecule has 0 amide bonds. The van der Waals surface area contributed by atoms with Crippen molar-refractivity contribution in [1.29, 1.82) is 0 Å². The average Bonchev–Trinajstić information content (AvgIpc) is 3.43. The van der Waals surface area contributed by atoms with Crippen LogP contribution in [0.1, 0.15) is 24.4 Å². The third-order valence-corrected chi connectivity index (χ3v) is 5.35. The lowest BCUT2D eigenvalue weighted by Gasteiger charge is -2.37. The van der Waals surface area contributed by atoms with Gasteiger partial charge in [-0.15, -0.1) is 14.8 Å². The second-order valence-electron chi connectivity index (χ2n) is 7.24. The molecule has 0 spiro atoms. The minimum absolute atomic E-state index is 0.0544. The highest BCUT2D eigenvalue weighted by Gasteiger charge is 2.26. The molecule has 10 heteroatoms. The lowest BCUT2D eigenvalue weighted by atomic mass is 10.1. The number of hydrogen-bond donors (Lipinski definition) is 0. The van der Waals surface area contributed by atoms with Gasteiger partial charge >= 0.3 is 0 Å². The molecule has 0 aliphatic carbocycles. The SMILES string of the molecule is Cc1ccc(-c2noc(C(C)N3CCN(c4ccc5nnnn5n4)CC3)n2)cc1. The molecule has 1 aromatic carbocycles. The van der Waals surface area contributed by atoms with Crippen molar-refractivity contribution in [2.75, 3.05) is 31.1 Å². The van der Waals surface area contributed by atoms with Gasteiger partial charge < -0.3 is 9.42 Å². The molecule has 0 saturated carbocycles. The summed E-state index contributed by atoms with van der Waals surface area (Å²) in [6.45, 7) is 7.61. The largest absolute Gasteiger partial charge is 0.353 e. The highest BCUT2D eigenvalue weighted by molar-refractivity contribution is 5.54. The van der Waals surface area contributed by atoms with Crippen molar-refractivity contribution in [2.45, 2.75) is 19.9 Å². The van der Waals surface area contributed by atoms with E-state index in [2.05, 4.69) is 66.5 Å². The van der Waals surface area contributed by atoms with Crippen molar-refractivity contribution < 1.29 is 4.52 Å². The number of nitrogens with zero attached hydrogens (tertiary/aromatic N) is 9. The maximum absolute atomic E-state index is 5.56. The molecule has 1 unspecified atom stereocenters. The highest BCUT2D eigenvalue weighted by Crippen LogP contribution is 2.24. The Hall–Kier alpha value is -3.40. The first-order valence-corrected chi connectivity index (χ1v) is 9.62. The van der Waals surface area contributed by atoms with Crippen LogP contribution < -0.4 is 4.90 Å². The van der Waals surface area contributed by atoms with Gasteiger partial charge in [0.1, 0.15) is 0 Å². The molecule has 1 fully saturated rings. The van der Waals surface area contributed by atoms with Gasteiger partial charge in [-0.2, -0.15) is 4.98 Å². The second-order valence-corrected chi connectivity index (χ2v) is 7.24. The van der Waals surface area contributed by atoms with E-state index in [0.29, 0.717) is 17.4 Å². The Morgan fingerprint density at radius 3 is 2.59 bits per heavy atom. The molecule has 5 rings (SSSR count). The average molecular weight is 391 g/mol. The molecular formula is C19H21N9O. The Balaban J connectivity index is 1.25. The smallest absolute Gasteiger partial charge is 0.244 e. The van der Waals surface area contributed by atoms with Crippen LogP contribution in [0.15, 0.2) is 40.9 Å². The summed E-state index contributed by atoms with van der Waals surface area (Å²) in [7, 11) is 0. The van der Waals surface area contributed by atoms with Crippen molar-refractivity contribution in [2.24, 2.45) is 0 Å². The normalized spacial score (nSPS) is 16.4. The quantitative estimate of drug-likeness (QED) is 0.515. The van der Waals surface area contributed by atoms with E-state index < -0.39 is 0 Å². The molecule has 10 nitrogen and oxygen atoms in total. The van der Waals surface area contributed by atoms with Crippen LogP contribution in [0, 0.1) is 6.92 Å². The number of hydrogen-bond acceptors (Lipinski definition) is 9. The summed E-state index contributed by atoms with van der Waals surface area (Å²) < 4.78 is 7.01. The van der Waals surface area contributed by atoms with Crippen LogP contribution in [0.2, 0.25) is 0 Å². The zero-order valence-electron chi connectivity index (χ0n) is 16.3. The van der Waals surface area contributed by atoms with Crippen LogP contribution in [0.5, 0.6) is 0 Å². The Morgan fingerprint density at radius 2 is 1.79 bits per heavy atom. The first-order valence-electron chi connectivity index (χ1n) is 9.62. The van der Waals surface area contributed by atoms with Crippen LogP contribution in [-0.2, 0) is 0 Å². The summed E-state index contributed by atoms with van der Waals surface area (Å²) in [6.07, 6.45) is 0. The van der Waals surface area contributed by atoms with E-state index in [4.69, 9.17) is 4.52 Å². The van der Waals surface area contributed by atoms with E-state index in [-0.39, 0.29) is 6.04 Å². The Morgan fingerprint density at radius 1 is 1.00 bits per heavy atom. The standard InChI is InChI=1S/C19H21N9O/c1-13-3-5-15(6-4-13)18-20-19(29-23-18)14(2)26-9-11-27(12-10-26)17-8-7-16-21-24-25-28(16)22-17/h3-8,14H,9-12H2,1-2H3. The zero-order valence-corrected chi connectivity index (χ0v) is 16.3. The topological polar surface area (TPSA) is 101 Å². The summed E-state index contributed by atoms with van der Waals surface area (Å²) in [5.74, 6) is 2.14. The number of anilines is 1. The number of piperazine rings is 1. The van der Waals surface area contributed by atoms with E-state index >= 15 is 0 Å². The maximum atomic E-state index is 5.56. The van der Waals surface area contributed by atoms with Crippen LogP contribution >= 0.6 is 0 Å². The van der Waals surface area contributed by atoms with Crippen molar-refractivity contribution in [3.63, 3.8) is 0 Å². The molecule has 0 N–H and O–H groups in total. The highest BCUT2D eigenvalue weighted by atomic mass is 16.5. The van der Waals surface area contributed by atoms with Crippen molar-refractivity contribution in [3.05, 3.63) is 47.9 Å². The van der Waals surface area contributed by atoms with Crippen LogP contribution in [0.25, 0.3) is 17.0 Å². The fourth-order valence-corrected chi connectivity index (χ4v) is 3.53. The van der Waals surface area contributed by atoms with Gasteiger partial charge in [0.25, 0.3) is 0 Å². The summed E-state index contributed by atoms with van der Waals surface area (Å²) in [6, 6.07) is 12.0.